The molecule has 0 aliphatic carbocycles. The number of amides is 1. The Labute approximate surface area is 96.8 Å². The topological polar surface area (TPSA) is 110 Å². The first-order chi connectivity index (χ1) is 8.06. The van der Waals surface area contributed by atoms with Gasteiger partial charge >= 0.3 is 6.01 Å². The summed E-state index contributed by atoms with van der Waals surface area (Å²) >= 11 is 0. The summed E-state index contributed by atoms with van der Waals surface area (Å²) in [5, 5.41) is 12.4. The van der Waals surface area contributed by atoms with Gasteiger partial charge in [-0.1, -0.05) is 19.0 Å². The number of hydrogen-bond donors (Lipinski definition) is 2. The van der Waals surface area contributed by atoms with Crippen LogP contribution in [0.15, 0.2) is 4.52 Å². The lowest BCUT2D eigenvalue weighted by molar-refractivity contribution is 0.101. The van der Waals surface area contributed by atoms with Crippen molar-refractivity contribution < 1.29 is 9.32 Å². The van der Waals surface area contributed by atoms with Crippen molar-refractivity contribution in [3.8, 4) is 0 Å². The van der Waals surface area contributed by atoms with Crippen LogP contribution in [0.3, 0.4) is 0 Å². The molecular weight excluding hydrogens is 224 g/mol. The van der Waals surface area contributed by atoms with Crippen molar-refractivity contribution in [1.82, 2.24) is 25.3 Å². The summed E-state index contributed by atoms with van der Waals surface area (Å²) in [5.41, 5.74) is 0. The smallest absolute Gasteiger partial charge is 0.315 e. The van der Waals surface area contributed by atoms with E-state index >= 15 is 0 Å². The molecular formula is C9H12N6O2. The SMILES string of the molecule is Cc1noc(NC(=O)c2n[nH]c(C(C)C)n2)n1. The number of nitrogens with one attached hydrogen (secondary N) is 2. The van der Waals surface area contributed by atoms with Crippen LogP contribution in [0, 0.1) is 6.92 Å². The highest BCUT2D eigenvalue weighted by atomic mass is 16.5. The van der Waals surface area contributed by atoms with E-state index in [0.717, 1.165) is 0 Å². The highest BCUT2D eigenvalue weighted by molar-refractivity contribution is 6.00. The Hall–Kier alpha value is -2.25. The zero-order valence-corrected chi connectivity index (χ0v) is 9.68. The number of aryl methyl sites for hydroxylation is 1. The molecule has 0 saturated heterocycles. The molecule has 90 valence electrons. The summed E-state index contributed by atoms with van der Waals surface area (Å²) in [5.74, 6) is 0.825. The van der Waals surface area contributed by atoms with Crippen molar-refractivity contribution in [2.45, 2.75) is 26.7 Å². The Morgan fingerprint density at radius 3 is 2.71 bits per heavy atom. The number of carbonyl (C=O) groups is 1. The molecule has 2 rings (SSSR count). The standard InChI is InChI=1S/C9H12N6O2/c1-4(2)6-11-7(14-13-6)8(16)12-9-10-5(3)15-17-9/h4H,1-3H3,(H,11,13,14)(H,10,12,15,16). The van der Waals surface area contributed by atoms with Crippen LogP contribution < -0.4 is 5.32 Å². The van der Waals surface area contributed by atoms with Gasteiger partial charge in [0.15, 0.2) is 5.82 Å². The summed E-state index contributed by atoms with van der Waals surface area (Å²) in [4.78, 5) is 19.6. The molecule has 8 nitrogen and oxygen atoms in total. The summed E-state index contributed by atoms with van der Waals surface area (Å²) < 4.78 is 4.75. The number of aromatic nitrogens is 5. The van der Waals surface area contributed by atoms with E-state index in [1.807, 2.05) is 13.8 Å². The van der Waals surface area contributed by atoms with E-state index in [1.165, 1.54) is 0 Å². The Balaban J connectivity index is 2.09. The zero-order valence-electron chi connectivity index (χ0n) is 9.68. The fourth-order valence-corrected chi connectivity index (χ4v) is 1.13. The van der Waals surface area contributed by atoms with Crippen molar-refractivity contribution in [2.24, 2.45) is 0 Å². The van der Waals surface area contributed by atoms with Gasteiger partial charge in [-0.15, -0.1) is 5.10 Å². The second-order valence-corrected chi connectivity index (χ2v) is 3.80. The summed E-state index contributed by atoms with van der Waals surface area (Å²) in [7, 11) is 0. The van der Waals surface area contributed by atoms with Gasteiger partial charge in [-0.3, -0.25) is 15.2 Å². The molecule has 0 aromatic carbocycles. The van der Waals surface area contributed by atoms with Gasteiger partial charge in [-0.2, -0.15) is 4.98 Å². The molecule has 0 radical (unpaired) electrons. The average Bonchev–Trinajstić information content (AvgIpc) is 2.86. The van der Waals surface area contributed by atoms with Crippen LogP contribution in [0.25, 0.3) is 0 Å². The van der Waals surface area contributed by atoms with E-state index in [4.69, 9.17) is 4.52 Å². The monoisotopic (exact) mass is 236 g/mol. The van der Waals surface area contributed by atoms with Gasteiger partial charge in [-0.25, -0.2) is 4.98 Å². The van der Waals surface area contributed by atoms with Gasteiger partial charge in [0, 0.05) is 5.92 Å². The van der Waals surface area contributed by atoms with E-state index < -0.39 is 5.91 Å². The fourth-order valence-electron chi connectivity index (χ4n) is 1.13. The second-order valence-electron chi connectivity index (χ2n) is 3.80. The van der Waals surface area contributed by atoms with Crippen molar-refractivity contribution in [3.63, 3.8) is 0 Å². The minimum Gasteiger partial charge on any atom is -0.315 e. The van der Waals surface area contributed by atoms with Gasteiger partial charge in [-0.05, 0) is 6.92 Å². The first-order valence-electron chi connectivity index (χ1n) is 5.10. The van der Waals surface area contributed by atoms with Gasteiger partial charge in [0.25, 0.3) is 5.91 Å². The molecule has 1 amide bonds. The van der Waals surface area contributed by atoms with E-state index in [9.17, 15) is 4.79 Å². The van der Waals surface area contributed by atoms with Crippen molar-refractivity contribution in [1.29, 1.82) is 0 Å². The number of H-pyrrole nitrogens is 1. The quantitative estimate of drug-likeness (QED) is 0.818. The maximum Gasteiger partial charge on any atom is 0.328 e. The van der Waals surface area contributed by atoms with Crippen LogP contribution >= 0.6 is 0 Å². The average molecular weight is 236 g/mol. The molecule has 0 bridgehead atoms. The highest BCUT2D eigenvalue weighted by Gasteiger charge is 2.16. The molecule has 2 aromatic rings. The lowest BCUT2D eigenvalue weighted by Gasteiger charge is -1.95. The van der Waals surface area contributed by atoms with Crippen molar-refractivity contribution >= 4 is 11.9 Å². The van der Waals surface area contributed by atoms with E-state index in [-0.39, 0.29) is 17.8 Å². The van der Waals surface area contributed by atoms with Crippen LogP contribution in [0.4, 0.5) is 6.01 Å². The number of carbonyl (C=O) groups excluding carboxylic acids is 1. The molecule has 0 spiro atoms. The minimum atomic E-state index is -0.489. The lowest BCUT2D eigenvalue weighted by atomic mass is 10.2. The third kappa shape index (κ3) is 2.47. The van der Waals surface area contributed by atoms with Crippen LogP contribution in [-0.4, -0.2) is 31.2 Å². The Kier molecular flexibility index (Phi) is 2.86. The maximum absolute atomic E-state index is 11.7. The van der Waals surface area contributed by atoms with Gasteiger partial charge in [0.1, 0.15) is 5.82 Å². The molecule has 0 aliphatic rings. The zero-order chi connectivity index (χ0) is 12.4. The first kappa shape index (κ1) is 11.2. The molecule has 2 heterocycles. The van der Waals surface area contributed by atoms with E-state index in [0.29, 0.717) is 11.6 Å². The lowest BCUT2D eigenvalue weighted by Crippen LogP contribution is -2.14. The molecule has 8 heteroatoms. The van der Waals surface area contributed by atoms with Crippen LogP contribution in [0.1, 0.15) is 42.0 Å². The highest BCUT2D eigenvalue weighted by Crippen LogP contribution is 2.09. The van der Waals surface area contributed by atoms with Gasteiger partial charge in [0.2, 0.25) is 5.82 Å². The van der Waals surface area contributed by atoms with Crippen LogP contribution in [0.5, 0.6) is 0 Å². The largest absolute Gasteiger partial charge is 0.328 e. The molecule has 0 atom stereocenters. The normalized spacial score (nSPS) is 10.8. The third-order valence-corrected chi connectivity index (χ3v) is 2.00. The van der Waals surface area contributed by atoms with Crippen LogP contribution in [0.2, 0.25) is 0 Å². The number of anilines is 1. The number of nitrogens with zero attached hydrogens (tertiary/aromatic N) is 4. The van der Waals surface area contributed by atoms with E-state index in [2.05, 4.69) is 30.6 Å². The molecule has 0 aliphatic heterocycles. The predicted octanol–water partition coefficient (Wildman–Crippen LogP) is 0.872. The van der Waals surface area contributed by atoms with Crippen molar-refractivity contribution in [3.05, 3.63) is 17.5 Å². The predicted molar refractivity (Wildman–Crippen MR) is 57.5 cm³/mol. The molecule has 0 saturated carbocycles. The Morgan fingerprint density at radius 2 is 2.18 bits per heavy atom. The molecule has 2 aromatic heterocycles. The molecule has 0 unspecified atom stereocenters. The molecule has 0 fully saturated rings. The Bertz CT molecular complexity index is 529. The summed E-state index contributed by atoms with van der Waals surface area (Å²) in [6.07, 6.45) is 0. The van der Waals surface area contributed by atoms with Crippen LogP contribution in [-0.2, 0) is 0 Å². The number of hydrogen-bond acceptors (Lipinski definition) is 6. The fraction of sp³-hybridized carbons (Fsp3) is 0.444. The Morgan fingerprint density at radius 1 is 1.41 bits per heavy atom. The van der Waals surface area contributed by atoms with E-state index in [1.54, 1.807) is 6.92 Å². The third-order valence-electron chi connectivity index (χ3n) is 2.00. The maximum atomic E-state index is 11.7. The van der Waals surface area contributed by atoms with Crippen molar-refractivity contribution in [2.75, 3.05) is 5.32 Å². The second kappa shape index (κ2) is 4.32. The minimum absolute atomic E-state index is 0.0309. The molecule has 17 heavy (non-hydrogen) atoms. The first-order valence-corrected chi connectivity index (χ1v) is 5.10. The number of rotatable bonds is 3. The summed E-state index contributed by atoms with van der Waals surface area (Å²) in [6, 6.07) is 0.0309. The molecule has 2 N–H and O–H groups in total. The van der Waals surface area contributed by atoms with Gasteiger partial charge in [0.05, 0.1) is 0 Å². The van der Waals surface area contributed by atoms with Gasteiger partial charge < -0.3 is 4.52 Å². The number of aromatic amines is 1. The summed E-state index contributed by atoms with van der Waals surface area (Å²) in [6.45, 7) is 5.55.